The van der Waals surface area contributed by atoms with Crippen molar-refractivity contribution in [1.29, 1.82) is 0 Å². The second-order valence-corrected chi connectivity index (χ2v) is 19.0. The Kier molecular flexibility index (Phi) is 14.9. The molecule has 2 aromatic carbocycles. The quantitative estimate of drug-likeness (QED) is 0.294. The summed E-state index contributed by atoms with van der Waals surface area (Å²) in [7, 11) is -0.499. The van der Waals surface area contributed by atoms with Crippen molar-refractivity contribution in [2.24, 2.45) is 29.1 Å². The number of hydrogen-bond donors (Lipinski definition) is 2. The van der Waals surface area contributed by atoms with Crippen molar-refractivity contribution >= 4 is 34.2 Å². The van der Waals surface area contributed by atoms with Gasteiger partial charge in [-0.3, -0.25) is 9.52 Å². The van der Waals surface area contributed by atoms with Crippen molar-refractivity contribution in [2.75, 3.05) is 71.0 Å². The highest BCUT2D eigenvalue weighted by molar-refractivity contribution is 7.84. The smallest absolute Gasteiger partial charge is 0.263 e. The Morgan fingerprint density at radius 1 is 1.00 bits per heavy atom. The topological polar surface area (TPSA) is 85.4 Å². The maximum atomic E-state index is 13.5. The maximum Gasteiger partial charge on any atom is 0.263 e. The molecule has 6 rings (SSSR count). The SMILES string of the molecule is CCCc1cc(Cl)ccc1C1COc2ccc3cc2N(C1)CC1CCC1C(CN1CCN(CC(C)(C)C)CC1)/C=C/CC(C)C(C)S(=O)NC3=O.CO. The zero-order chi connectivity index (χ0) is 38.3. The fourth-order valence-corrected chi connectivity index (χ4v) is 9.89. The first-order valence-corrected chi connectivity index (χ1v) is 21.6. The molecule has 294 valence electrons. The van der Waals surface area contributed by atoms with E-state index in [9.17, 15) is 9.00 Å². The normalized spacial score (nSPS) is 29.3. The van der Waals surface area contributed by atoms with Crippen LogP contribution in [-0.4, -0.2) is 96.3 Å². The van der Waals surface area contributed by atoms with Gasteiger partial charge >= 0.3 is 0 Å². The molecule has 4 aliphatic rings. The lowest BCUT2D eigenvalue weighted by molar-refractivity contribution is 0.0639. The number of carbonyl (C=O) groups is 1. The van der Waals surface area contributed by atoms with Gasteiger partial charge in [-0.05, 0) is 103 Å². The largest absolute Gasteiger partial charge is 0.491 e. The highest BCUT2D eigenvalue weighted by Crippen LogP contribution is 2.45. The fourth-order valence-electron chi connectivity index (χ4n) is 8.67. The Labute approximate surface area is 327 Å². The molecule has 2 aromatic rings. The average molecular weight is 770 g/mol. The summed E-state index contributed by atoms with van der Waals surface area (Å²) in [5.41, 5.74) is 4.39. The lowest BCUT2D eigenvalue weighted by atomic mass is 9.66. The van der Waals surface area contributed by atoms with Crippen molar-refractivity contribution in [3.8, 4) is 5.75 Å². The number of halogens is 1. The van der Waals surface area contributed by atoms with Gasteiger partial charge in [0.25, 0.3) is 5.91 Å². The van der Waals surface area contributed by atoms with Crippen molar-refractivity contribution in [2.45, 2.75) is 84.8 Å². The average Bonchev–Trinajstić information content (AvgIpc) is 3.29. The second-order valence-electron chi connectivity index (χ2n) is 17.1. The molecule has 1 saturated heterocycles. The molecule has 1 amide bonds. The van der Waals surface area contributed by atoms with Crippen LogP contribution in [0, 0.1) is 29.1 Å². The predicted molar refractivity (Wildman–Crippen MR) is 221 cm³/mol. The predicted octanol–water partition coefficient (Wildman–Crippen LogP) is 7.57. The number of ether oxygens (including phenoxy) is 1. The molecule has 0 spiro atoms. The summed E-state index contributed by atoms with van der Waals surface area (Å²) in [4.78, 5) is 21.4. The number of nitrogens with one attached hydrogen (secondary N) is 1. The number of aliphatic hydroxyl groups is 1. The molecule has 8 nitrogen and oxygen atoms in total. The summed E-state index contributed by atoms with van der Waals surface area (Å²) >= 11 is 6.50. The highest BCUT2D eigenvalue weighted by atomic mass is 35.5. The first-order chi connectivity index (χ1) is 25.4. The number of allylic oxidation sites excluding steroid dienone is 1. The number of piperazine rings is 1. The molecule has 10 heteroatoms. The Bertz CT molecular complexity index is 1570. The van der Waals surface area contributed by atoms with E-state index in [1.165, 1.54) is 24.0 Å². The van der Waals surface area contributed by atoms with E-state index in [0.717, 1.165) is 95.2 Å². The van der Waals surface area contributed by atoms with Crippen LogP contribution in [0.2, 0.25) is 5.02 Å². The summed E-state index contributed by atoms with van der Waals surface area (Å²) in [6.07, 6.45) is 10.2. The molecule has 7 unspecified atom stereocenters. The number of fused-ring (bicyclic) bond motifs is 2. The van der Waals surface area contributed by atoms with Crippen LogP contribution in [-0.2, 0) is 17.4 Å². The van der Waals surface area contributed by atoms with E-state index in [1.807, 2.05) is 31.2 Å². The summed E-state index contributed by atoms with van der Waals surface area (Å²) < 4.78 is 22.8. The summed E-state index contributed by atoms with van der Waals surface area (Å²) in [6.45, 7) is 22.4. The minimum Gasteiger partial charge on any atom is -0.491 e. The van der Waals surface area contributed by atoms with E-state index < -0.39 is 11.0 Å². The third-order valence-electron chi connectivity index (χ3n) is 11.8. The maximum absolute atomic E-state index is 13.5. The molecule has 2 N–H and O–H groups in total. The number of nitrogens with zero attached hydrogens (tertiary/aromatic N) is 3. The van der Waals surface area contributed by atoms with E-state index in [-0.39, 0.29) is 23.0 Å². The first kappa shape index (κ1) is 41.7. The summed E-state index contributed by atoms with van der Waals surface area (Å²) in [6, 6.07) is 12.1. The van der Waals surface area contributed by atoms with Crippen molar-refractivity contribution in [1.82, 2.24) is 14.5 Å². The number of aryl methyl sites for hydroxylation is 1. The van der Waals surface area contributed by atoms with Gasteiger partial charge in [0, 0.05) is 76.0 Å². The lowest BCUT2D eigenvalue weighted by Crippen LogP contribution is -2.51. The number of amides is 1. The first-order valence-electron chi connectivity index (χ1n) is 20.0. The molecule has 3 aliphatic heterocycles. The van der Waals surface area contributed by atoms with Crippen molar-refractivity contribution in [3.63, 3.8) is 0 Å². The number of aliphatic hydroxyl groups excluding tert-OH is 1. The van der Waals surface area contributed by atoms with Gasteiger partial charge in [-0.15, -0.1) is 0 Å². The molecule has 0 radical (unpaired) electrons. The van der Waals surface area contributed by atoms with Gasteiger partial charge in [0.2, 0.25) is 0 Å². The standard InChI is InChI=1S/C42H61ClN4O3S.CH4O/c1-7-9-31-22-36(43)14-16-37(31)35-26-47-25-34-12-15-38(34)33(24-45-18-20-46(21-19-45)28-42(4,5)6)11-8-10-29(2)30(3)51(49)44-41(48)32-13-17-40(50-27-35)39(47)23-32;1-2/h8,11,13-14,16-17,22-23,29-30,33-35,38H,7,9-10,12,15,18-21,24-28H2,1-6H3,(H,44,48);2H,1H3/b11-8+;. The van der Waals surface area contributed by atoms with Crippen molar-refractivity contribution < 1.29 is 18.8 Å². The Morgan fingerprint density at radius 2 is 1.74 bits per heavy atom. The van der Waals surface area contributed by atoms with Crippen LogP contribution in [0.1, 0.15) is 94.6 Å². The van der Waals surface area contributed by atoms with E-state index >= 15 is 0 Å². The van der Waals surface area contributed by atoms with E-state index in [2.05, 4.69) is 78.3 Å². The molecule has 7 atom stereocenters. The third kappa shape index (κ3) is 10.9. The third-order valence-corrected chi connectivity index (χ3v) is 13.6. The summed E-state index contributed by atoms with van der Waals surface area (Å²) in [5, 5.41) is 7.60. The van der Waals surface area contributed by atoms with Crippen molar-refractivity contribution in [3.05, 3.63) is 70.3 Å². The van der Waals surface area contributed by atoms with E-state index in [1.54, 1.807) is 0 Å². The zero-order valence-electron chi connectivity index (χ0n) is 33.3. The number of rotatable bonds is 6. The molecule has 2 bridgehead atoms. The van der Waals surface area contributed by atoms with Crippen LogP contribution >= 0.6 is 11.6 Å². The van der Waals surface area contributed by atoms with Gasteiger partial charge in [-0.1, -0.05) is 70.9 Å². The molecular formula is C43H65ClN4O4S. The van der Waals surface area contributed by atoms with Crippen LogP contribution in [0.3, 0.4) is 0 Å². The van der Waals surface area contributed by atoms with Gasteiger partial charge in [0.1, 0.15) is 16.7 Å². The van der Waals surface area contributed by atoms with E-state index in [4.69, 9.17) is 21.4 Å². The number of hydrogen-bond acceptors (Lipinski definition) is 7. The molecule has 3 heterocycles. The molecule has 1 saturated carbocycles. The van der Waals surface area contributed by atoms with Gasteiger partial charge in [0.05, 0.1) is 17.5 Å². The molecule has 2 fully saturated rings. The van der Waals surface area contributed by atoms with Gasteiger partial charge in [0.15, 0.2) is 0 Å². The fraction of sp³-hybridized carbons (Fsp3) is 0.651. The minimum atomic E-state index is -1.50. The number of benzene rings is 2. The number of carbonyl (C=O) groups excluding carboxylic acids is 1. The van der Waals surface area contributed by atoms with Gasteiger partial charge in [-0.25, -0.2) is 4.21 Å². The molecule has 53 heavy (non-hydrogen) atoms. The van der Waals surface area contributed by atoms with Crippen LogP contribution in [0.25, 0.3) is 0 Å². The lowest BCUT2D eigenvalue weighted by Gasteiger charge is -2.46. The Morgan fingerprint density at radius 3 is 2.42 bits per heavy atom. The van der Waals surface area contributed by atoms with E-state index in [0.29, 0.717) is 35.3 Å². The number of anilines is 1. The van der Waals surface area contributed by atoms with Crippen LogP contribution in [0.15, 0.2) is 48.6 Å². The molecular weight excluding hydrogens is 704 g/mol. The van der Waals surface area contributed by atoms with Crippen LogP contribution in [0.5, 0.6) is 5.75 Å². The highest BCUT2D eigenvalue weighted by Gasteiger charge is 2.39. The Hall–Kier alpha value is -2.43. The van der Waals surface area contributed by atoms with Gasteiger partial charge < -0.3 is 24.5 Å². The van der Waals surface area contributed by atoms with Crippen LogP contribution < -0.4 is 14.4 Å². The second kappa shape index (κ2) is 18.9. The monoisotopic (exact) mass is 768 g/mol. The molecule has 0 aromatic heterocycles. The van der Waals surface area contributed by atoms with Crippen LogP contribution in [0.4, 0.5) is 5.69 Å². The zero-order valence-corrected chi connectivity index (χ0v) is 34.9. The summed E-state index contributed by atoms with van der Waals surface area (Å²) in [5.74, 6) is 2.45. The minimum absolute atomic E-state index is 0.160. The van der Waals surface area contributed by atoms with Gasteiger partial charge in [-0.2, -0.15) is 0 Å². The molecule has 1 aliphatic carbocycles. The Balaban J connectivity index is 0.00000266.